The largest absolute Gasteiger partial charge is 0.472 e. The molecule has 506 valence electrons. The molecule has 6 heterocycles. The van der Waals surface area contributed by atoms with Crippen molar-refractivity contribution in [3.05, 3.63) is 0 Å². The molecule has 32 nitrogen and oxygen atoms in total. The van der Waals surface area contributed by atoms with E-state index in [2.05, 4.69) is 0 Å². The number of phosphoric ester groups is 1. The number of β-amino-alcohol motifs (C(OH)–C–C–N with tert-alkyl or cyclic N) is 1. The van der Waals surface area contributed by atoms with Gasteiger partial charge in [0.25, 0.3) is 0 Å². The van der Waals surface area contributed by atoms with E-state index in [4.69, 9.17) is 46.5 Å². The number of nitrogens with zero attached hydrogens (tertiary/aromatic N) is 3. The molecule has 6 aliphatic rings. The maximum atomic E-state index is 14.0. The van der Waals surface area contributed by atoms with Gasteiger partial charge in [0.15, 0.2) is 18.9 Å². The van der Waals surface area contributed by atoms with Crippen molar-refractivity contribution in [1.29, 1.82) is 0 Å². The standard InChI is InChI=1S/C52H94N3O29P3/c1-28(2)86(71,72)79-25-33-15-32(18-53(33)41(60)9-6-12-75-50-29(3)44(63)47(66)38(21-56)81-50)27-85(69,70)78-24-35-17-37(20-55(35)43(62)11-8-14-77-52-31(5)46(65)49(68)40(23-58)83-52)84-87(73,74)80-26-34-16-36(59)19-54(34)42(61)10-7-13-76-51-30(4)45(64)48(67)39(22-57)82-51/h28-40,44-52,56-59,63-68H,6-27H2,1-5H3,(H,69,70)(H,71,72)(H,73,74)/t29?,30?,31?,32-,33+,34+,35+,36-,37-,38?,39?,40?,44-,45-,46-,47+,48+,49+,50-,51-,52-/m1/s1. The van der Waals surface area contributed by atoms with Gasteiger partial charge in [-0.15, -0.1) is 0 Å². The van der Waals surface area contributed by atoms with Crippen LogP contribution in [0.5, 0.6) is 0 Å². The maximum absolute atomic E-state index is 14.0. The molecule has 0 radical (unpaired) electrons. The molecule has 6 fully saturated rings. The summed E-state index contributed by atoms with van der Waals surface area (Å²) in [7, 11) is -13.8. The third kappa shape index (κ3) is 20.3. The summed E-state index contributed by atoms with van der Waals surface area (Å²) in [5.41, 5.74) is -0.786. The van der Waals surface area contributed by atoms with Gasteiger partial charge in [-0.3, -0.25) is 32.6 Å². The van der Waals surface area contributed by atoms with Gasteiger partial charge in [0, 0.05) is 56.7 Å². The molecule has 0 bridgehead atoms. The van der Waals surface area contributed by atoms with Crippen LogP contribution in [0, 0.1) is 23.7 Å². The Balaban J connectivity index is 1.06. The highest BCUT2D eigenvalue weighted by molar-refractivity contribution is 7.53. The first-order chi connectivity index (χ1) is 40.9. The van der Waals surface area contributed by atoms with Crippen LogP contribution in [0.4, 0.5) is 0 Å². The number of aliphatic hydroxyl groups is 10. The highest BCUT2D eigenvalue weighted by Crippen LogP contribution is 2.51. The Kier molecular flexibility index (Phi) is 28.4. The molecule has 0 spiro atoms. The molecule has 6 aliphatic heterocycles. The zero-order valence-corrected chi connectivity index (χ0v) is 52.5. The van der Waals surface area contributed by atoms with E-state index < -0.39 is 213 Å². The Morgan fingerprint density at radius 1 is 0.517 bits per heavy atom. The van der Waals surface area contributed by atoms with E-state index in [9.17, 15) is 93.8 Å². The Labute approximate surface area is 505 Å². The van der Waals surface area contributed by atoms with E-state index in [-0.39, 0.29) is 104 Å². The summed E-state index contributed by atoms with van der Waals surface area (Å²) >= 11 is 0. The van der Waals surface area contributed by atoms with Gasteiger partial charge in [0.1, 0.15) is 36.6 Å². The zero-order valence-electron chi connectivity index (χ0n) is 49.8. The van der Waals surface area contributed by atoms with E-state index in [1.165, 1.54) is 28.5 Å². The summed E-state index contributed by atoms with van der Waals surface area (Å²) in [6.07, 6.45) is -17.1. The van der Waals surface area contributed by atoms with Crippen LogP contribution in [-0.2, 0) is 74.6 Å². The molecule has 0 aromatic heterocycles. The highest BCUT2D eigenvalue weighted by atomic mass is 31.2. The Hall–Kier alpha value is -1.82. The summed E-state index contributed by atoms with van der Waals surface area (Å²) in [5.74, 6) is -4.21. The van der Waals surface area contributed by atoms with Gasteiger partial charge in [-0.2, -0.15) is 0 Å². The first-order valence-electron chi connectivity index (χ1n) is 29.8. The van der Waals surface area contributed by atoms with Crippen LogP contribution in [0.2, 0.25) is 0 Å². The lowest BCUT2D eigenvalue weighted by molar-refractivity contribution is -0.282. The quantitative estimate of drug-likeness (QED) is 0.0249. The van der Waals surface area contributed by atoms with E-state index in [0.29, 0.717) is 0 Å². The predicted molar refractivity (Wildman–Crippen MR) is 298 cm³/mol. The second-order valence-electron chi connectivity index (χ2n) is 24.0. The minimum atomic E-state index is -5.02. The molecule has 0 aromatic rings. The second kappa shape index (κ2) is 33.3. The third-order valence-electron chi connectivity index (χ3n) is 17.0. The van der Waals surface area contributed by atoms with Crippen molar-refractivity contribution in [2.45, 2.75) is 202 Å². The lowest BCUT2D eigenvalue weighted by Crippen LogP contribution is -2.55. The van der Waals surface area contributed by atoms with Crippen molar-refractivity contribution in [3.8, 4) is 0 Å². The number of ether oxygens (including phenoxy) is 6. The molecule has 87 heavy (non-hydrogen) atoms. The van der Waals surface area contributed by atoms with E-state index in [1.54, 1.807) is 20.8 Å². The summed E-state index contributed by atoms with van der Waals surface area (Å²) in [6.45, 7) is 3.74. The van der Waals surface area contributed by atoms with Gasteiger partial charge in [-0.1, -0.05) is 34.6 Å². The van der Waals surface area contributed by atoms with Gasteiger partial charge in [-0.05, 0) is 44.4 Å². The molecule has 13 N–H and O–H groups in total. The molecule has 0 aliphatic carbocycles. The van der Waals surface area contributed by atoms with Crippen molar-refractivity contribution in [1.82, 2.24) is 14.7 Å². The molecular formula is C52H94N3O29P3. The highest BCUT2D eigenvalue weighted by Gasteiger charge is 2.48. The van der Waals surface area contributed by atoms with Crippen LogP contribution in [0.25, 0.3) is 0 Å². The number of likely N-dealkylation sites (tertiary alicyclic amines) is 3. The second-order valence-corrected chi connectivity index (χ2v) is 29.7. The number of hydrogen-bond acceptors (Lipinski definition) is 26. The van der Waals surface area contributed by atoms with E-state index >= 15 is 0 Å². The van der Waals surface area contributed by atoms with Crippen molar-refractivity contribution in [3.63, 3.8) is 0 Å². The Morgan fingerprint density at radius 2 is 0.897 bits per heavy atom. The number of rotatable bonds is 32. The van der Waals surface area contributed by atoms with Crippen molar-refractivity contribution in [2.24, 2.45) is 23.7 Å². The van der Waals surface area contributed by atoms with E-state index in [0.717, 1.165) is 0 Å². The monoisotopic (exact) mass is 1320 g/mol. The van der Waals surface area contributed by atoms with Crippen LogP contribution in [-0.4, -0.2) is 293 Å². The van der Waals surface area contributed by atoms with E-state index in [1.807, 2.05) is 0 Å². The zero-order chi connectivity index (χ0) is 64.3. The molecule has 0 saturated carbocycles. The van der Waals surface area contributed by atoms with Crippen molar-refractivity contribution >= 4 is 40.7 Å². The van der Waals surface area contributed by atoms with Crippen molar-refractivity contribution in [2.75, 3.05) is 85.3 Å². The fourth-order valence-corrected chi connectivity index (χ4v) is 14.7. The molecule has 6 saturated heterocycles. The number of amides is 3. The third-order valence-corrected chi connectivity index (χ3v) is 21.4. The minimum Gasteiger partial charge on any atom is -0.394 e. The van der Waals surface area contributed by atoms with Gasteiger partial charge >= 0.3 is 23.0 Å². The van der Waals surface area contributed by atoms with Crippen molar-refractivity contribution < 1.29 is 140 Å². The number of hydrogen-bond donors (Lipinski definition) is 13. The lowest BCUT2D eigenvalue weighted by Gasteiger charge is -2.40. The lowest BCUT2D eigenvalue weighted by atomic mass is 9.92. The van der Waals surface area contributed by atoms with Crippen LogP contribution < -0.4 is 0 Å². The van der Waals surface area contributed by atoms with Crippen LogP contribution >= 0.6 is 23.0 Å². The Bertz CT molecular complexity index is 2330. The molecule has 6 rings (SSSR count). The number of aliphatic hydroxyl groups excluding tert-OH is 10. The topological polar surface area (TPSA) is 467 Å². The molecular weight excluding hydrogens is 1220 g/mol. The van der Waals surface area contributed by atoms with Crippen LogP contribution in [0.1, 0.15) is 92.4 Å². The van der Waals surface area contributed by atoms with Crippen LogP contribution in [0.15, 0.2) is 0 Å². The number of carbonyl (C=O) groups is 3. The fraction of sp³-hybridized carbons (Fsp3) is 0.942. The molecule has 0 aromatic carbocycles. The van der Waals surface area contributed by atoms with Gasteiger partial charge in [0.2, 0.25) is 17.7 Å². The van der Waals surface area contributed by atoms with Gasteiger partial charge in [0.05, 0.1) is 120 Å². The molecule has 35 heteroatoms. The molecule has 3 amide bonds. The minimum absolute atomic E-state index is 0.0170. The average molecular weight is 1320 g/mol. The normalized spacial score (nSPS) is 38.0. The van der Waals surface area contributed by atoms with Gasteiger partial charge < -0.3 is 118 Å². The fourth-order valence-electron chi connectivity index (χ4n) is 11.6. The number of phosphoric acid groups is 1. The Morgan fingerprint density at radius 3 is 1.32 bits per heavy atom. The summed E-state index contributed by atoms with van der Waals surface area (Å²) in [4.78, 5) is 78.0. The number of carbonyl (C=O) groups excluding carboxylic acids is 3. The SMILES string of the molecule is CC1[C@H](OCCCC(=O)N2C[C@H](O)C[C@H]2COP(=O)(O)O[C@@H]2C[C@@H](COP(=O)(O)C[C@@H]3C[C@@H](COP(=O)(O)C(C)C)N(C(=O)CCCO[C@@H]4OC(CO)[C@H](O)[C@H](O)C4C)C3)N(C(=O)CCCO[C@@H]3OC(CO)[C@H](O)[C@H](O)C3C)C2)OC(CO)[C@H](O)[C@@H]1O. The average Bonchev–Trinajstić information content (AvgIpc) is 4.35. The predicted octanol–water partition coefficient (Wildman–Crippen LogP) is -2.30. The molecule has 9 unspecified atom stereocenters. The summed E-state index contributed by atoms with van der Waals surface area (Å²) in [5, 5.41) is 101. The first-order valence-corrected chi connectivity index (χ1v) is 34.7. The summed E-state index contributed by atoms with van der Waals surface area (Å²) < 4.78 is 96.6. The summed E-state index contributed by atoms with van der Waals surface area (Å²) in [6, 6.07) is -2.73. The maximum Gasteiger partial charge on any atom is 0.472 e. The smallest absolute Gasteiger partial charge is 0.394 e. The van der Waals surface area contributed by atoms with Crippen LogP contribution in [0.3, 0.4) is 0 Å². The molecule has 24 atom stereocenters. The first kappa shape index (κ1) is 74.2. The van der Waals surface area contributed by atoms with Gasteiger partial charge in [-0.25, -0.2) is 4.57 Å².